The predicted octanol–water partition coefficient (Wildman–Crippen LogP) is 2.03. The molecule has 1 saturated heterocycles. The molecule has 16 heavy (non-hydrogen) atoms. The molecular weight excluding hydrogens is 209 g/mol. The molecule has 0 bridgehead atoms. The molecule has 2 aliphatic rings. The van der Waals surface area contributed by atoms with Crippen molar-refractivity contribution in [1.82, 2.24) is 5.12 Å². The van der Waals surface area contributed by atoms with Crippen LogP contribution in [0.4, 0.5) is 4.48 Å². The van der Waals surface area contributed by atoms with E-state index in [4.69, 9.17) is 4.74 Å². The highest BCUT2D eigenvalue weighted by molar-refractivity contribution is 5.94. The Morgan fingerprint density at radius 2 is 1.94 bits per heavy atom. The molecule has 0 radical (unpaired) electrons. The molecule has 1 aromatic carbocycles. The van der Waals surface area contributed by atoms with Crippen LogP contribution in [0.1, 0.15) is 28.8 Å². The number of rotatable bonds is 0. The van der Waals surface area contributed by atoms with Crippen molar-refractivity contribution in [1.29, 1.82) is 0 Å². The van der Waals surface area contributed by atoms with Gasteiger partial charge in [-0.2, -0.15) is 0 Å². The van der Waals surface area contributed by atoms with Crippen molar-refractivity contribution >= 4 is 5.97 Å². The lowest BCUT2D eigenvalue weighted by molar-refractivity contribution is -0.0889. The van der Waals surface area contributed by atoms with E-state index >= 15 is 0 Å². The van der Waals surface area contributed by atoms with Gasteiger partial charge in [-0.3, -0.25) is 0 Å². The molecule has 0 aromatic heterocycles. The largest absolute Gasteiger partial charge is 0.450 e. The molecule has 1 aromatic rings. The van der Waals surface area contributed by atoms with Crippen molar-refractivity contribution in [2.45, 2.75) is 18.4 Å². The Kier molecular flexibility index (Phi) is 2.01. The first kappa shape index (κ1) is 9.78. The fourth-order valence-electron chi connectivity index (χ4n) is 2.56. The summed E-state index contributed by atoms with van der Waals surface area (Å²) in [5.41, 5.74) is 0.985. The van der Waals surface area contributed by atoms with Gasteiger partial charge in [-0.1, -0.05) is 18.2 Å². The Morgan fingerprint density at radius 1 is 1.25 bits per heavy atom. The first-order valence-electron chi connectivity index (χ1n) is 5.45. The van der Waals surface area contributed by atoms with Crippen molar-refractivity contribution in [3.8, 4) is 0 Å². The fourth-order valence-corrected chi connectivity index (χ4v) is 2.56. The van der Waals surface area contributed by atoms with Crippen LogP contribution in [0.3, 0.4) is 0 Å². The minimum Gasteiger partial charge on any atom is -0.450 e. The van der Waals surface area contributed by atoms with Crippen LogP contribution in [0.25, 0.3) is 0 Å². The van der Waals surface area contributed by atoms with Crippen LogP contribution < -0.4 is 0 Å². The normalized spacial score (nSPS) is 23.2. The maximum Gasteiger partial charge on any atom is 0.339 e. The van der Waals surface area contributed by atoms with Crippen molar-refractivity contribution < 1.29 is 14.0 Å². The first-order valence-corrected chi connectivity index (χ1v) is 5.45. The molecule has 0 saturated carbocycles. The first-order chi connectivity index (χ1) is 7.71. The average molecular weight is 221 g/mol. The quantitative estimate of drug-likeness (QED) is 0.496. The summed E-state index contributed by atoms with van der Waals surface area (Å²) < 4.78 is 18.5. The molecule has 0 atom stereocenters. The lowest BCUT2D eigenvalue weighted by atomic mass is 9.84. The van der Waals surface area contributed by atoms with Crippen LogP contribution in [-0.2, 0) is 10.3 Å². The standard InChI is InChI=1S/C12H12FNO2/c13-14-7-5-12(6-8-14)10-4-2-1-3-9(10)11(15)16-12/h1-4H,5-8H2. The molecule has 1 fully saturated rings. The van der Waals surface area contributed by atoms with E-state index in [2.05, 4.69) is 0 Å². The third-order valence-corrected chi connectivity index (χ3v) is 3.44. The number of nitrogens with zero attached hydrogens (tertiary/aromatic N) is 1. The van der Waals surface area contributed by atoms with Crippen LogP contribution in [0.2, 0.25) is 0 Å². The van der Waals surface area contributed by atoms with Gasteiger partial charge in [-0.05, 0) is 6.07 Å². The van der Waals surface area contributed by atoms with Crippen LogP contribution >= 0.6 is 0 Å². The minimum absolute atomic E-state index is 0.275. The highest BCUT2D eigenvalue weighted by Gasteiger charge is 2.47. The van der Waals surface area contributed by atoms with E-state index in [-0.39, 0.29) is 5.97 Å². The Labute approximate surface area is 92.7 Å². The molecule has 0 aliphatic carbocycles. The molecule has 3 nitrogen and oxygen atoms in total. The minimum atomic E-state index is -0.573. The number of carbonyl (C=O) groups is 1. The summed E-state index contributed by atoms with van der Waals surface area (Å²) in [6.07, 6.45) is 1.07. The summed E-state index contributed by atoms with van der Waals surface area (Å²) in [6.45, 7) is 0.642. The molecule has 2 aliphatic heterocycles. The van der Waals surface area contributed by atoms with Crippen LogP contribution in [0.5, 0.6) is 0 Å². The van der Waals surface area contributed by atoms with E-state index in [1.165, 1.54) is 0 Å². The number of esters is 1. The van der Waals surface area contributed by atoms with E-state index < -0.39 is 5.60 Å². The van der Waals surface area contributed by atoms with Gasteiger partial charge in [-0.15, -0.1) is 9.60 Å². The monoisotopic (exact) mass is 221 g/mol. The molecule has 84 valence electrons. The van der Waals surface area contributed by atoms with Crippen LogP contribution in [0, 0.1) is 0 Å². The second-order valence-corrected chi connectivity index (χ2v) is 4.34. The number of piperidine rings is 1. The molecule has 0 N–H and O–H groups in total. The Bertz CT molecular complexity index is 438. The molecule has 4 heteroatoms. The predicted molar refractivity (Wildman–Crippen MR) is 55.5 cm³/mol. The van der Waals surface area contributed by atoms with Gasteiger partial charge in [0.2, 0.25) is 0 Å². The van der Waals surface area contributed by atoms with E-state index in [0.717, 1.165) is 10.7 Å². The lowest BCUT2D eigenvalue weighted by Gasteiger charge is -2.34. The third-order valence-electron chi connectivity index (χ3n) is 3.44. The number of benzene rings is 1. The second-order valence-electron chi connectivity index (χ2n) is 4.34. The third kappa shape index (κ3) is 1.26. The van der Waals surface area contributed by atoms with E-state index in [0.29, 0.717) is 31.5 Å². The summed E-state index contributed by atoms with van der Waals surface area (Å²) in [6, 6.07) is 7.40. The lowest BCUT2D eigenvalue weighted by Crippen LogP contribution is -2.39. The molecule has 0 amide bonds. The van der Waals surface area contributed by atoms with Gasteiger partial charge < -0.3 is 4.74 Å². The molecule has 0 unspecified atom stereocenters. The van der Waals surface area contributed by atoms with Gasteiger partial charge >= 0.3 is 5.97 Å². The van der Waals surface area contributed by atoms with Gasteiger partial charge in [0.1, 0.15) is 5.60 Å². The van der Waals surface area contributed by atoms with Gasteiger partial charge in [0.25, 0.3) is 0 Å². The van der Waals surface area contributed by atoms with Crippen molar-refractivity contribution in [2.24, 2.45) is 0 Å². The van der Waals surface area contributed by atoms with E-state index in [9.17, 15) is 9.28 Å². The molecule has 1 spiro atoms. The molecule has 2 heterocycles. The van der Waals surface area contributed by atoms with Crippen molar-refractivity contribution in [2.75, 3.05) is 13.1 Å². The number of carbonyl (C=O) groups excluding carboxylic acids is 1. The summed E-state index contributed by atoms with van der Waals surface area (Å²) in [7, 11) is 0. The van der Waals surface area contributed by atoms with Crippen molar-refractivity contribution in [3.05, 3.63) is 35.4 Å². The Hall–Kier alpha value is -1.42. The summed E-state index contributed by atoms with van der Waals surface area (Å²) in [5, 5.41) is 0.778. The zero-order valence-electron chi connectivity index (χ0n) is 8.78. The maximum absolute atomic E-state index is 13.0. The molecular formula is C12H12FNO2. The van der Waals surface area contributed by atoms with E-state index in [1.807, 2.05) is 18.2 Å². The van der Waals surface area contributed by atoms with Gasteiger partial charge in [0, 0.05) is 31.5 Å². The second kappa shape index (κ2) is 3.28. The summed E-state index contributed by atoms with van der Waals surface area (Å²) >= 11 is 0. The zero-order chi connectivity index (χ0) is 11.2. The molecule has 3 rings (SSSR count). The number of hydrogen-bond acceptors (Lipinski definition) is 3. The Morgan fingerprint density at radius 3 is 2.69 bits per heavy atom. The average Bonchev–Trinajstić information content (AvgIpc) is 2.58. The highest BCUT2D eigenvalue weighted by atomic mass is 19.2. The Balaban J connectivity index is 2.02. The fraction of sp³-hybridized carbons (Fsp3) is 0.417. The SMILES string of the molecule is O=C1OC2(CCN(F)CC2)c2ccccc21. The zero-order valence-corrected chi connectivity index (χ0v) is 8.78. The van der Waals surface area contributed by atoms with Crippen LogP contribution in [0.15, 0.2) is 24.3 Å². The number of ether oxygens (including phenoxy) is 1. The number of halogens is 1. The van der Waals surface area contributed by atoms with Gasteiger partial charge in [-0.25, -0.2) is 4.79 Å². The highest BCUT2D eigenvalue weighted by Crippen LogP contribution is 2.43. The van der Waals surface area contributed by atoms with Crippen molar-refractivity contribution in [3.63, 3.8) is 0 Å². The maximum atomic E-state index is 13.0. The number of hydrogen-bond donors (Lipinski definition) is 0. The topological polar surface area (TPSA) is 29.5 Å². The van der Waals surface area contributed by atoms with Gasteiger partial charge in [0.15, 0.2) is 0 Å². The van der Waals surface area contributed by atoms with Crippen LogP contribution in [-0.4, -0.2) is 24.2 Å². The van der Waals surface area contributed by atoms with Gasteiger partial charge in [0.05, 0.1) is 5.56 Å². The smallest absolute Gasteiger partial charge is 0.339 e. The number of fused-ring (bicyclic) bond motifs is 2. The summed E-state index contributed by atoms with van der Waals surface area (Å²) in [5.74, 6) is -0.275. The van der Waals surface area contributed by atoms with E-state index in [1.54, 1.807) is 6.07 Å². The summed E-state index contributed by atoms with van der Waals surface area (Å²) in [4.78, 5) is 11.7.